The van der Waals surface area contributed by atoms with Crippen molar-refractivity contribution in [1.29, 1.82) is 0 Å². The smallest absolute Gasteiger partial charge is 0.119 e. The van der Waals surface area contributed by atoms with Crippen LogP contribution in [-0.2, 0) is 0 Å². The average molecular weight is 334 g/mol. The van der Waals surface area contributed by atoms with E-state index in [0.717, 1.165) is 47.9 Å². The molecule has 5 nitrogen and oxygen atoms in total. The molecular formula is C20H22N4O. The van der Waals surface area contributed by atoms with E-state index in [1.54, 1.807) is 6.33 Å². The van der Waals surface area contributed by atoms with Crippen molar-refractivity contribution in [3.63, 3.8) is 0 Å². The van der Waals surface area contributed by atoms with Gasteiger partial charge in [-0.05, 0) is 42.3 Å². The summed E-state index contributed by atoms with van der Waals surface area (Å²) in [6, 6.07) is 14.8. The van der Waals surface area contributed by atoms with Gasteiger partial charge >= 0.3 is 0 Å². The van der Waals surface area contributed by atoms with Gasteiger partial charge in [0, 0.05) is 12.2 Å². The number of imidazole rings is 1. The van der Waals surface area contributed by atoms with Crippen LogP contribution in [0.25, 0.3) is 11.0 Å². The van der Waals surface area contributed by atoms with E-state index in [1.807, 2.05) is 12.1 Å². The molecule has 1 saturated heterocycles. The molecule has 0 aliphatic carbocycles. The minimum Gasteiger partial charge on any atom is -0.494 e. The molecule has 2 aromatic carbocycles. The van der Waals surface area contributed by atoms with Crippen molar-refractivity contribution < 1.29 is 4.74 Å². The second-order valence-electron chi connectivity index (χ2n) is 6.23. The monoisotopic (exact) mass is 334 g/mol. The molecule has 1 fully saturated rings. The summed E-state index contributed by atoms with van der Waals surface area (Å²) < 4.78 is 5.69. The van der Waals surface area contributed by atoms with Gasteiger partial charge in [0.05, 0.1) is 35.8 Å². The molecule has 2 N–H and O–H groups in total. The number of aromatic amines is 1. The van der Waals surface area contributed by atoms with Gasteiger partial charge in [-0.3, -0.25) is 0 Å². The molecule has 0 bridgehead atoms. The fraction of sp³-hybridized carbons (Fsp3) is 0.250. The Kier molecular flexibility index (Phi) is 4.06. The summed E-state index contributed by atoms with van der Waals surface area (Å²) in [6.45, 7) is 7.86. The highest BCUT2D eigenvalue weighted by Gasteiger charge is 2.29. The molecule has 4 rings (SSSR count). The molecular weight excluding hydrogens is 312 g/mol. The lowest BCUT2D eigenvalue weighted by atomic mass is 10.1. The van der Waals surface area contributed by atoms with E-state index in [1.165, 1.54) is 5.56 Å². The van der Waals surface area contributed by atoms with Gasteiger partial charge in [-0.15, -0.1) is 0 Å². The van der Waals surface area contributed by atoms with Crippen LogP contribution in [0.5, 0.6) is 5.75 Å². The highest BCUT2D eigenvalue weighted by atomic mass is 16.5. The van der Waals surface area contributed by atoms with E-state index in [-0.39, 0.29) is 6.04 Å². The number of benzene rings is 2. The molecule has 0 spiro atoms. The molecule has 0 saturated carbocycles. The van der Waals surface area contributed by atoms with Crippen LogP contribution in [0, 0.1) is 0 Å². The van der Waals surface area contributed by atoms with Crippen LogP contribution in [0.4, 0.5) is 5.69 Å². The molecule has 1 atom stereocenters. The zero-order chi connectivity index (χ0) is 17.2. The summed E-state index contributed by atoms with van der Waals surface area (Å²) >= 11 is 0. The molecule has 1 unspecified atom stereocenters. The lowest BCUT2D eigenvalue weighted by Crippen LogP contribution is -2.22. The number of hydrogen-bond donors (Lipinski definition) is 2. The Morgan fingerprint density at radius 3 is 2.88 bits per heavy atom. The third-order valence-electron chi connectivity index (χ3n) is 4.52. The summed E-state index contributed by atoms with van der Waals surface area (Å²) in [4.78, 5) is 9.73. The summed E-state index contributed by atoms with van der Waals surface area (Å²) in [5.74, 6) is 1.83. The minimum atomic E-state index is 0.198. The number of aromatic nitrogens is 2. The first kappa shape index (κ1) is 15.6. The number of nitrogens with zero attached hydrogens (tertiary/aromatic N) is 2. The first-order valence-corrected chi connectivity index (χ1v) is 8.64. The second kappa shape index (κ2) is 6.51. The van der Waals surface area contributed by atoms with Gasteiger partial charge in [0.15, 0.2) is 0 Å². The summed E-state index contributed by atoms with van der Waals surface area (Å²) in [5.41, 5.74) is 4.32. The molecule has 0 amide bonds. The SMILES string of the molecule is C=C1NCC(c2ccc(OCCC)cc2)N1c1ccc2[nH]cnc2c1. The van der Waals surface area contributed by atoms with Gasteiger partial charge in [0.2, 0.25) is 0 Å². The second-order valence-corrected chi connectivity index (χ2v) is 6.23. The average Bonchev–Trinajstić information content (AvgIpc) is 3.26. The predicted molar refractivity (Wildman–Crippen MR) is 101 cm³/mol. The molecule has 1 aromatic heterocycles. The number of ether oxygens (including phenoxy) is 1. The Hall–Kier alpha value is -2.95. The molecule has 1 aliphatic heterocycles. The molecule has 5 heteroatoms. The lowest BCUT2D eigenvalue weighted by molar-refractivity contribution is 0.317. The Labute approximate surface area is 147 Å². The van der Waals surface area contributed by atoms with Crippen LogP contribution in [0.15, 0.2) is 61.2 Å². The van der Waals surface area contributed by atoms with Gasteiger partial charge in [0.25, 0.3) is 0 Å². The first-order chi connectivity index (χ1) is 12.3. The molecule has 128 valence electrons. The number of fused-ring (bicyclic) bond motifs is 1. The topological polar surface area (TPSA) is 53.2 Å². The highest BCUT2D eigenvalue weighted by Crippen LogP contribution is 2.35. The van der Waals surface area contributed by atoms with Crippen molar-refractivity contribution in [1.82, 2.24) is 15.3 Å². The van der Waals surface area contributed by atoms with Crippen molar-refractivity contribution >= 4 is 16.7 Å². The van der Waals surface area contributed by atoms with Crippen LogP contribution in [0.3, 0.4) is 0 Å². The Morgan fingerprint density at radius 1 is 1.24 bits per heavy atom. The van der Waals surface area contributed by atoms with E-state index in [4.69, 9.17) is 4.74 Å². The standard InChI is InChI=1S/C20H22N4O/c1-3-10-25-17-7-4-15(5-8-17)20-12-21-14(2)24(20)16-6-9-18-19(11-16)23-13-22-18/h4-9,11,13,20-21H,2-3,10,12H2,1H3,(H,22,23). The third kappa shape index (κ3) is 2.93. The molecule has 1 aliphatic rings. The highest BCUT2D eigenvalue weighted by molar-refractivity contribution is 5.80. The number of H-pyrrole nitrogens is 1. The molecule has 0 radical (unpaired) electrons. The number of rotatable bonds is 5. The quantitative estimate of drug-likeness (QED) is 0.741. The van der Waals surface area contributed by atoms with Crippen molar-refractivity contribution in [2.24, 2.45) is 0 Å². The predicted octanol–water partition coefficient (Wildman–Crippen LogP) is 3.97. The van der Waals surface area contributed by atoms with Gasteiger partial charge in [0.1, 0.15) is 5.75 Å². The molecule has 25 heavy (non-hydrogen) atoms. The normalized spacial score (nSPS) is 17.1. The van der Waals surface area contributed by atoms with Gasteiger partial charge < -0.3 is 19.9 Å². The van der Waals surface area contributed by atoms with Gasteiger partial charge in [-0.2, -0.15) is 0 Å². The zero-order valence-electron chi connectivity index (χ0n) is 14.3. The maximum atomic E-state index is 5.69. The van der Waals surface area contributed by atoms with Gasteiger partial charge in [-0.25, -0.2) is 4.98 Å². The van der Waals surface area contributed by atoms with Crippen LogP contribution < -0.4 is 15.0 Å². The van der Waals surface area contributed by atoms with E-state index >= 15 is 0 Å². The Balaban J connectivity index is 1.63. The van der Waals surface area contributed by atoms with Crippen LogP contribution in [0.2, 0.25) is 0 Å². The Bertz CT molecular complexity index is 884. The zero-order valence-corrected chi connectivity index (χ0v) is 14.3. The van der Waals surface area contributed by atoms with Crippen LogP contribution in [-0.4, -0.2) is 23.1 Å². The summed E-state index contributed by atoms with van der Waals surface area (Å²) in [5, 5.41) is 3.38. The fourth-order valence-electron chi connectivity index (χ4n) is 3.26. The third-order valence-corrected chi connectivity index (χ3v) is 4.52. The summed E-state index contributed by atoms with van der Waals surface area (Å²) in [7, 11) is 0. The maximum Gasteiger partial charge on any atom is 0.119 e. The number of anilines is 1. The van der Waals surface area contributed by atoms with Crippen molar-refractivity contribution in [2.75, 3.05) is 18.1 Å². The Morgan fingerprint density at radius 2 is 2.08 bits per heavy atom. The van der Waals surface area contributed by atoms with Crippen molar-refractivity contribution in [3.8, 4) is 5.75 Å². The van der Waals surface area contributed by atoms with Gasteiger partial charge in [-0.1, -0.05) is 25.6 Å². The van der Waals surface area contributed by atoms with E-state index in [0.29, 0.717) is 0 Å². The van der Waals surface area contributed by atoms with Crippen LogP contribution >= 0.6 is 0 Å². The van der Waals surface area contributed by atoms with E-state index in [9.17, 15) is 0 Å². The van der Waals surface area contributed by atoms with E-state index in [2.05, 4.69) is 64.0 Å². The van der Waals surface area contributed by atoms with E-state index < -0.39 is 0 Å². The van der Waals surface area contributed by atoms with Crippen molar-refractivity contribution in [3.05, 3.63) is 66.8 Å². The maximum absolute atomic E-state index is 5.69. The lowest BCUT2D eigenvalue weighted by Gasteiger charge is -2.26. The minimum absolute atomic E-state index is 0.198. The molecule has 3 aromatic rings. The molecule has 2 heterocycles. The van der Waals surface area contributed by atoms with Crippen molar-refractivity contribution in [2.45, 2.75) is 19.4 Å². The number of hydrogen-bond acceptors (Lipinski definition) is 4. The fourth-order valence-corrected chi connectivity index (χ4v) is 3.26. The largest absolute Gasteiger partial charge is 0.494 e. The van der Waals surface area contributed by atoms with Crippen LogP contribution in [0.1, 0.15) is 24.9 Å². The first-order valence-electron chi connectivity index (χ1n) is 8.64. The number of nitrogens with one attached hydrogen (secondary N) is 2. The summed E-state index contributed by atoms with van der Waals surface area (Å²) in [6.07, 6.45) is 2.73.